The van der Waals surface area contributed by atoms with Crippen LogP contribution in [-0.2, 0) is 26.7 Å². The van der Waals surface area contributed by atoms with E-state index in [1.165, 1.54) is 10.9 Å². The van der Waals surface area contributed by atoms with Crippen molar-refractivity contribution < 1.29 is 18.3 Å². The molecule has 1 aliphatic rings. The monoisotopic (exact) mass is 294 g/mol. The fraction of sp³-hybridized carbons (Fsp3) is 0.700. The highest BCUT2D eigenvalue weighted by Gasteiger charge is 2.45. The van der Waals surface area contributed by atoms with Crippen molar-refractivity contribution in [2.45, 2.75) is 18.6 Å². The first-order chi connectivity index (χ1) is 8.38. The van der Waals surface area contributed by atoms with E-state index in [-0.39, 0.29) is 22.9 Å². The lowest BCUT2D eigenvalue weighted by Crippen LogP contribution is -2.31. The standard InChI is InChI=1S/C10H15ClN2O4S/c1-17-4-3-13-9(8(11)6-12-13)10(14)2-5-18(15,16)7-10/h6,14H,2-5,7H2,1H3. The van der Waals surface area contributed by atoms with Gasteiger partial charge in [-0.3, -0.25) is 4.68 Å². The lowest BCUT2D eigenvalue weighted by Gasteiger charge is -2.22. The maximum Gasteiger partial charge on any atom is 0.153 e. The number of rotatable bonds is 4. The first kappa shape index (κ1) is 13.8. The molecule has 6 nitrogen and oxygen atoms in total. The van der Waals surface area contributed by atoms with Crippen LogP contribution in [-0.4, -0.2) is 48.5 Å². The van der Waals surface area contributed by atoms with E-state index < -0.39 is 15.4 Å². The van der Waals surface area contributed by atoms with Crippen molar-refractivity contribution in [2.75, 3.05) is 25.2 Å². The summed E-state index contributed by atoms with van der Waals surface area (Å²) in [4.78, 5) is 0. The topological polar surface area (TPSA) is 81.4 Å². The normalized spacial score (nSPS) is 26.6. The zero-order valence-corrected chi connectivity index (χ0v) is 11.5. The lowest BCUT2D eigenvalue weighted by molar-refractivity contribution is 0.0535. The minimum Gasteiger partial charge on any atom is -0.383 e. The van der Waals surface area contributed by atoms with E-state index in [9.17, 15) is 13.5 Å². The molecule has 0 saturated carbocycles. The van der Waals surface area contributed by atoms with Crippen molar-refractivity contribution in [1.82, 2.24) is 9.78 Å². The van der Waals surface area contributed by atoms with Crippen molar-refractivity contribution in [3.63, 3.8) is 0 Å². The average molecular weight is 295 g/mol. The Labute approximate surface area is 110 Å². The molecule has 1 N–H and O–H groups in total. The highest BCUT2D eigenvalue weighted by atomic mass is 35.5. The number of aromatic nitrogens is 2. The molecule has 8 heteroatoms. The summed E-state index contributed by atoms with van der Waals surface area (Å²) in [6.45, 7) is 0.828. The summed E-state index contributed by atoms with van der Waals surface area (Å²) in [5.41, 5.74) is -1.08. The number of methoxy groups -OCH3 is 1. The average Bonchev–Trinajstić information content (AvgIpc) is 2.77. The molecular weight excluding hydrogens is 280 g/mol. The van der Waals surface area contributed by atoms with Gasteiger partial charge in [-0.15, -0.1) is 0 Å². The molecule has 102 valence electrons. The Morgan fingerprint density at radius 1 is 1.67 bits per heavy atom. The van der Waals surface area contributed by atoms with E-state index in [0.717, 1.165) is 0 Å². The zero-order valence-electron chi connectivity index (χ0n) is 9.97. The van der Waals surface area contributed by atoms with Crippen LogP contribution < -0.4 is 0 Å². The second-order valence-corrected chi connectivity index (χ2v) is 7.02. The number of hydrogen-bond donors (Lipinski definition) is 1. The molecule has 0 radical (unpaired) electrons. The SMILES string of the molecule is COCCn1ncc(Cl)c1C1(O)CCS(=O)(=O)C1. The van der Waals surface area contributed by atoms with E-state index >= 15 is 0 Å². The molecular formula is C10H15ClN2O4S. The third-order valence-corrected chi connectivity index (χ3v) is 5.05. The molecule has 1 fully saturated rings. The minimum atomic E-state index is -3.21. The minimum absolute atomic E-state index is 0.0325. The third kappa shape index (κ3) is 2.54. The number of hydrogen-bond acceptors (Lipinski definition) is 5. The quantitative estimate of drug-likeness (QED) is 0.857. The molecule has 0 aliphatic carbocycles. The Kier molecular flexibility index (Phi) is 3.68. The maximum atomic E-state index is 11.5. The fourth-order valence-corrected chi connectivity index (χ4v) is 4.31. The molecule has 0 spiro atoms. The molecule has 1 saturated heterocycles. The van der Waals surface area contributed by atoms with Gasteiger partial charge >= 0.3 is 0 Å². The summed E-state index contributed by atoms with van der Waals surface area (Å²) < 4.78 is 29.5. The Morgan fingerprint density at radius 2 is 2.39 bits per heavy atom. The van der Waals surface area contributed by atoms with Gasteiger partial charge in [-0.1, -0.05) is 11.6 Å². The van der Waals surface area contributed by atoms with Crippen LogP contribution in [0.1, 0.15) is 12.1 Å². The summed E-state index contributed by atoms with van der Waals surface area (Å²) in [6.07, 6.45) is 1.56. The van der Waals surface area contributed by atoms with Crippen molar-refractivity contribution in [3.05, 3.63) is 16.9 Å². The number of sulfone groups is 1. The molecule has 0 amide bonds. The summed E-state index contributed by atoms with van der Waals surface area (Å²) >= 11 is 6.01. The Hall–Kier alpha value is -0.630. The molecule has 2 rings (SSSR count). The van der Waals surface area contributed by atoms with Crippen LogP contribution in [0.15, 0.2) is 6.20 Å². The van der Waals surface area contributed by atoms with E-state index in [2.05, 4.69) is 5.10 Å². The van der Waals surface area contributed by atoms with Crippen molar-refractivity contribution >= 4 is 21.4 Å². The van der Waals surface area contributed by atoms with Crippen molar-refractivity contribution in [2.24, 2.45) is 0 Å². The van der Waals surface area contributed by atoms with Crippen molar-refractivity contribution in [3.8, 4) is 0 Å². The second-order valence-electron chi connectivity index (χ2n) is 4.43. The molecule has 1 aromatic heterocycles. The summed E-state index contributed by atoms with van der Waals surface area (Å²) in [5, 5.41) is 14.8. The number of nitrogens with zero attached hydrogens (tertiary/aromatic N) is 2. The predicted octanol–water partition coefficient (Wildman–Crippen LogP) is 0.189. The van der Waals surface area contributed by atoms with Gasteiger partial charge in [-0.2, -0.15) is 5.10 Å². The fourth-order valence-electron chi connectivity index (χ4n) is 2.19. The van der Waals surface area contributed by atoms with Gasteiger partial charge in [0.15, 0.2) is 9.84 Å². The van der Waals surface area contributed by atoms with Gasteiger partial charge in [0.25, 0.3) is 0 Å². The van der Waals surface area contributed by atoms with Gasteiger partial charge in [0, 0.05) is 7.11 Å². The first-order valence-corrected chi connectivity index (χ1v) is 7.71. The Morgan fingerprint density at radius 3 is 2.94 bits per heavy atom. The lowest BCUT2D eigenvalue weighted by atomic mass is 9.99. The molecule has 0 bridgehead atoms. The number of aliphatic hydroxyl groups is 1. The van der Waals surface area contributed by atoms with Crippen LogP contribution in [0, 0.1) is 0 Å². The molecule has 18 heavy (non-hydrogen) atoms. The van der Waals surface area contributed by atoms with Gasteiger partial charge in [0.05, 0.1) is 41.6 Å². The molecule has 1 aromatic rings. The van der Waals surface area contributed by atoms with E-state index in [0.29, 0.717) is 18.8 Å². The highest BCUT2D eigenvalue weighted by Crippen LogP contribution is 2.37. The van der Waals surface area contributed by atoms with Gasteiger partial charge < -0.3 is 9.84 Å². The smallest absolute Gasteiger partial charge is 0.153 e. The second kappa shape index (κ2) is 4.80. The van der Waals surface area contributed by atoms with Crippen LogP contribution in [0.3, 0.4) is 0 Å². The largest absolute Gasteiger partial charge is 0.383 e. The van der Waals surface area contributed by atoms with E-state index in [1.807, 2.05) is 0 Å². The van der Waals surface area contributed by atoms with Gasteiger partial charge in [0.1, 0.15) is 5.60 Å². The van der Waals surface area contributed by atoms with Crippen LogP contribution in [0.2, 0.25) is 5.02 Å². The molecule has 2 heterocycles. The van der Waals surface area contributed by atoms with Crippen molar-refractivity contribution in [1.29, 1.82) is 0 Å². The highest BCUT2D eigenvalue weighted by molar-refractivity contribution is 7.91. The summed E-state index contributed by atoms with van der Waals surface area (Å²) in [5.74, 6) is -0.340. The summed E-state index contributed by atoms with van der Waals surface area (Å²) in [7, 11) is -1.66. The maximum absolute atomic E-state index is 11.5. The first-order valence-electron chi connectivity index (χ1n) is 5.51. The zero-order chi connectivity index (χ0) is 13.4. The van der Waals surface area contributed by atoms with Crippen LogP contribution in [0.5, 0.6) is 0 Å². The summed E-state index contributed by atoms with van der Waals surface area (Å²) in [6, 6.07) is 0. The Bertz CT molecular complexity index is 542. The van der Waals surface area contributed by atoms with Crippen LogP contribution in [0.25, 0.3) is 0 Å². The van der Waals surface area contributed by atoms with Crippen LogP contribution in [0.4, 0.5) is 0 Å². The van der Waals surface area contributed by atoms with E-state index in [1.54, 1.807) is 7.11 Å². The number of halogens is 1. The van der Waals surface area contributed by atoms with Gasteiger partial charge in [-0.25, -0.2) is 8.42 Å². The predicted molar refractivity (Wildman–Crippen MR) is 66.3 cm³/mol. The van der Waals surface area contributed by atoms with Crippen LogP contribution >= 0.6 is 11.6 Å². The molecule has 1 aliphatic heterocycles. The molecule has 0 aromatic carbocycles. The molecule has 1 unspecified atom stereocenters. The third-order valence-electron chi connectivity index (χ3n) is 3.03. The number of ether oxygens (including phenoxy) is 1. The molecule has 1 atom stereocenters. The van der Waals surface area contributed by atoms with E-state index in [4.69, 9.17) is 16.3 Å². The van der Waals surface area contributed by atoms with Gasteiger partial charge in [0.2, 0.25) is 0 Å². The Balaban J connectivity index is 2.35. The van der Waals surface area contributed by atoms with Gasteiger partial charge in [-0.05, 0) is 6.42 Å².